The molecule has 0 fully saturated rings. The highest BCUT2D eigenvalue weighted by atomic mass is 32.2. The van der Waals surface area contributed by atoms with E-state index in [4.69, 9.17) is 9.05 Å². The zero-order valence-corrected chi connectivity index (χ0v) is 12.6. The molecule has 0 spiro atoms. The van der Waals surface area contributed by atoms with Crippen LogP contribution in [0.4, 0.5) is 13.2 Å². The molecule has 0 heterocycles. The molecule has 0 bridgehead atoms. The summed E-state index contributed by atoms with van der Waals surface area (Å²) in [7, 11) is -9.34. The summed E-state index contributed by atoms with van der Waals surface area (Å²) in [6.07, 6.45) is -4.54. The number of phosphoric ester groups is 1. The Hall–Kier alpha value is -0.190. The molecular weight excluding hydrogens is 328 g/mol. The van der Waals surface area contributed by atoms with Crippen LogP contribution in [-0.2, 0) is 32.4 Å². The SMILES string of the molecule is CCCOP(=O)(OCCC)OCS(=O)(=O)OC(F)(F)F. The van der Waals surface area contributed by atoms with Crippen molar-refractivity contribution in [1.82, 2.24) is 0 Å². The van der Waals surface area contributed by atoms with Gasteiger partial charge < -0.3 is 0 Å². The quantitative estimate of drug-likeness (QED) is 0.445. The van der Waals surface area contributed by atoms with Gasteiger partial charge in [0.15, 0.2) is 5.94 Å². The zero-order chi connectivity index (χ0) is 15.9. The van der Waals surface area contributed by atoms with Crippen LogP contribution < -0.4 is 0 Å². The first kappa shape index (κ1) is 19.8. The summed E-state index contributed by atoms with van der Waals surface area (Å²) in [5.74, 6) is -1.60. The van der Waals surface area contributed by atoms with E-state index in [1.54, 1.807) is 13.8 Å². The highest BCUT2D eigenvalue weighted by Crippen LogP contribution is 2.50. The molecule has 0 aromatic rings. The van der Waals surface area contributed by atoms with Gasteiger partial charge in [-0.25, -0.2) is 4.57 Å². The van der Waals surface area contributed by atoms with Crippen molar-refractivity contribution in [2.24, 2.45) is 0 Å². The minimum atomic E-state index is -5.39. The summed E-state index contributed by atoms with van der Waals surface area (Å²) in [6.45, 7) is 3.21. The van der Waals surface area contributed by atoms with Gasteiger partial charge in [0, 0.05) is 0 Å². The largest absolute Gasteiger partial charge is 0.537 e. The lowest BCUT2D eigenvalue weighted by Crippen LogP contribution is -2.23. The predicted octanol–water partition coefficient (Wildman–Crippen LogP) is 2.79. The summed E-state index contributed by atoms with van der Waals surface area (Å²) >= 11 is 0. The van der Waals surface area contributed by atoms with Crippen LogP contribution in [0.1, 0.15) is 26.7 Å². The molecule has 0 amide bonds. The molecule has 0 aliphatic rings. The summed E-state index contributed by atoms with van der Waals surface area (Å²) < 4.78 is 85.7. The molecule has 0 saturated heterocycles. The van der Waals surface area contributed by atoms with Gasteiger partial charge in [-0.1, -0.05) is 13.8 Å². The first-order valence-electron chi connectivity index (χ1n) is 5.57. The average molecular weight is 344 g/mol. The molecule has 0 unspecified atom stereocenters. The van der Waals surface area contributed by atoms with Crippen LogP contribution in [0.3, 0.4) is 0 Å². The lowest BCUT2D eigenvalue weighted by atomic mass is 10.5. The summed E-state index contributed by atoms with van der Waals surface area (Å²) in [6, 6.07) is 0. The van der Waals surface area contributed by atoms with E-state index in [0.717, 1.165) is 0 Å². The van der Waals surface area contributed by atoms with Crippen molar-refractivity contribution in [3.05, 3.63) is 0 Å². The molecule has 0 aromatic heterocycles. The second kappa shape index (κ2) is 8.30. The first-order valence-corrected chi connectivity index (χ1v) is 8.61. The smallest absolute Gasteiger partial charge is 0.287 e. The summed E-state index contributed by atoms with van der Waals surface area (Å²) in [5.41, 5.74) is 0. The Balaban J connectivity index is 4.63. The molecule has 7 nitrogen and oxygen atoms in total. The molecule has 122 valence electrons. The minimum absolute atomic E-state index is 0.0683. The Morgan fingerprint density at radius 1 is 1.00 bits per heavy atom. The number of alkyl halides is 3. The average Bonchev–Trinajstić information content (AvgIpc) is 2.29. The monoisotopic (exact) mass is 344 g/mol. The number of rotatable bonds is 10. The van der Waals surface area contributed by atoms with E-state index < -0.39 is 30.2 Å². The van der Waals surface area contributed by atoms with Gasteiger partial charge >= 0.3 is 14.2 Å². The van der Waals surface area contributed by atoms with E-state index in [0.29, 0.717) is 12.8 Å². The maximum atomic E-state index is 11.9. The first-order chi connectivity index (χ1) is 9.04. The van der Waals surface area contributed by atoms with E-state index in [-0.39, 0.29) is 13.2 Å². The fraction of sp³-hybridized carbons (Fsp3) is 1.00. The van der Waals surface area contributed by atoms with Crippen LogP contribution in [0.15, 0.2) is 0 Å². The van der Waals surface area contributed by atoms with Gasteiger partial charge in [0.2, 0.25) is 0 Å². The Morgan fingerprint density at radius 3 is 1.80 bits per heavy atom. The van der Waals surface area contributed by atoms with Gasteiger partial charge in [0.1, 0.15) is 0 Å². The molecule has 0 rings (SSSR count). The lowest BCUT2D eigenvalue weighted by Gasteiger charge is -2.17. The summed E-state index contributed by atoms with van der Waals surface area (Å²) in [5, 5.41) is 0. The molecule has 0 saturated carbocycles. The Bertz CT molecular complexity index is 410. The third-order valence-electron chi connectivity index (χ3n) is 1.48. The number of halogens is 3. The van der Waals surface area contributed by atoms with E-state index in [9.17, 15) is 26.2 Å². The van der Waals surface area contributed by atoms with E-state index in [2.05, 4.69) is 8.71 Å². The highest BCUT2D eigenvalue weighted by molar-refractivity contribution is 7.86. The van der Waals surface area contributed by atoms with Crippen molar-refractivity contribution in [1.29, 1.82) is 0 Å². The van der Waals surface area contributed by atoms with Crippen molar-refractivity contribution in [3.63, 3.8) is 0 Å². The fourth-order valence-electron chi connectivity index (χ4n) is 0.815. The fourth-order valence-corrected chi connectivity index (χ4v) is 3.22. The minimum Gasteiger partial charge on any atom is -0.287 e. The molecule has 20 heavy (non-hydrogen) atoms. The van der Waals surface area contributed by atoms with Crippen molar-refractivity contribution in [3.8, 4) is 0 Å². The standard InChI is InChI=1S/C8H16F3O7PS/c1-3-5-15-19(12,16-6-4-2)17-7-20(13,14)18-8(9,10)11/h3-7H2,1-2H3. The van der Waals surface area contributed by atoms with Gasteiger partial charge in [-0.15, -0.1) is 13.2 Å². The van der Waals surface area contributed by atoms with Crippen LogP contribution in [0.2, 0.25) is 0 Å². The van der Waals surface area contributed by atoms with Crippen molar-refractivity contribution in [2.45, 2.75) is 33.1 Å². The topological polar surface area (TPSA) is 88.1 Å². The van der Waals surface area contributed by atoms with Crippen LogP contribution in [-0.4, -0.2) is 33.9 Å². The van der Waals surface area contributed by atoms with Gasteiger partial charge in [0.25, 0.3) is 10.1 Å². The predicted molar refractivity (Wildman–Crippen MR) is 62.1 cm³/mol. The van der Waals surface area contributed by atoms with E-state index in [1.807, 2.05) is 0 Å². The van der Waals surface area contributed by atoms with Crippen molar-refractivity contribution >= 4 is 17.9 Å². The van der Waals surface area contributed by atoms with Crippen LogP contribution >= 0.6 is 7.82 Å². The van der Waals surface area contributed by atoms with Gasteiger partial charge in [-0.2, -0.15) is 12.6 Å². The van der Waals surface area contributed by atoms with E-state index >= 15 is 0 Å². The molecule has 0 N–H and O–H groups in total. The Labute approximate surface area is 115 Å². The Morgan fingerprint density at radius 2 is 1.45 bits per heavy atom. The highest BCUT2D eigenvalue weighted by Gasteiger charge is 2.39. The molecular formula is C8H16F3O7PS. The molecule has 12 heteroatoms. The van der Waals surface area contributed by atoms with Gasteiger partial charge in [-0.3, -0.25) is 13.6 Å². The number of hydrogen-bond donors (Lipinski definition) is 0. The maximum Gasteiger partial charge on any atom is 0.537 e. The molecule has 0 radical (unpaired) electrons. The third-order valence-corrected chi connectivity index (χ3v) is 3.95. The van der Waals surface area contributed by atoms with Crippen molar-refractivity contribution in [2.75, 3.05) is 19.2 Å². The number of phosphoric acid groups is 1. The second-order valence-electron chi connectivity index (χ2n) is 3.45. The third kappa shape index (κ3) is 9.67. The molecule has 0 aliphatic heterocycles. The zero-order valence-electron chi connectivity index (χ0n) is 10.9. The normalized spacial score (nSPS) is 13.7. The maximum absolute atomic E-state index is 11.9. The summed E-state index contributed by atoms with van der Waals surface area (Å²) in [4.78, 5) is 0. The van der Waals surface area contributed by atoms with Crippen LogP contribution in [0, 0.1) is 0 Å². The molecule has 0 atom stereocenters. The lowest BCUT2D eigenvalue weighted by molar-refractivity contribution is -0.272. The van der Waals surface area contributed by atoms with Crippen molar-refractivity contribution < 1.29 is 43.9 Å². The number of hydrogen-bond acceptors (Lipinski definition) is 7. The van der Waals surface area contributed by atoms with Crippen LogP contribution in [0.5, 0.6) is 0 Å². The Kier molecular flexibility index (Phi) is 8.22. The second-order valence-corrected chi connectivity index (χ2v) is 6.63. The molecule has 0 aromatic carbocycles. The van der Waals surface area contributed by atoms with E-state index in [1.165, 1.54) is 0 Å². The molecule has 0 aliphatic carbocycles. The van der Waals surface area contributed by atoms with Gasteiger partial charge in [-0.05, 0) is 12.8 Å². The van der Waals surface area contributed by atoms with Crippen LogP contribution in [0.25, 0.3) is 0 Å². The van der Waals surface area contributed by atoms with Gasteiger partial charge in [0.05, 0.1) is 13.2 Å².